The molecule has 120 valence electrons. The maximum atomic E-state index is 11.9. The SMILES string of the molecule is Cc1ccc(OCC(=O)Nc2ccc(C)c(Br)c2)c([N+](=O)[O-])c1. The molecule has 23 heavy (non-hydrogen) atoms. The number of nitrogens with zero attached hydrogens (tertiary/aromatic N) is 1. The fourth-order valence-electron chi connectivity index (χ4n) is 1.90. The normalized spacial score (nSPS) is 10.2. The zero-order valence-corrected chi connectivity index (χ0v) is 14.2. The maximum Gasteiger partial charge on any atom is 0.311 e. The minimum absolute atomic E-state index is 0.0702. The summed E-state index contributed by atoms with van der Waals surface area (Å²) in [5.41, 5.74) is 2.26. The second-order valence-corrected chi connectivity index (χ2v) is 5.88. The molecule has 0 aliphatic carbocycles. The van der Waals surface area contributed by atoms with E-state index in [4.69, 9.17) is 4.74 Å². The molecular weight excluding hydrogens is 364 g/mol. The van der Waals surface area contributed by atoms with Crippen molar-refractivity contribution in [1.29, 1.82) is 0 Å². The van der Waals surface area contributed by atoms with Gasteiger partial charge in [0.15, 0.2) is 12.4 Å². The van der Waals surface area contributed by atoms with Gasteiger partial charge in [0.1, 0.15) is 0 Å². The van der Waals surface area contributed by atoms with E-state index in [1.165, 1.54) is 12.1 Å². The Labute approximate surface area is 141 Å². The highest BCUT2D eigenvalue weighted by atomic mass is 79.9. The average Bonchev–Trinajstić information content (AvgIpc) is 2.49. The number of hydrogen-bond acceptors (Lipinski definition) is 4. The summed E-state index contributed by atoms with van der Waals surface area (Å²) in [5, 5.41) is 13.7. The van der Waals surface area contributed by atoms with E-state index in [0.717, 1.165) is 15.6 Å². The summed E-state index contributed by atoms with van der Waals surface area (Å²) < 4.78 is 6.16. The van der Waals surface area contributed by atoms with Crippen molar-refractivity contribution in [3.63, 3.8) is 0 Å². The van der Waals surface area contributed by atoms with Crippen LogP contribution in [-0.4, -0.2) is 17.4 Å². The summed E-state index contributed by atoms with van der Waals surface area (Å²) in [6, 6.07) is 10.0. The van der Waals surface area contributed by atoms with Crippen LogP contribution in [0.3, 0.4) is 0 Å². The third-order valence-electron chi connectivity index (χ3n) is 3.13. The molecule has 0 saturated carbocycles. The van der Waals surface area contributed by atoms with Crippen molar-refractivity contribution in [3.8, 4) is 5.75 Å². The highest BCUT2D eigenvalue weighted by Gasteiger charge is 2.16. The van der Waals surface area contributed by atoms with Crippen molar-refractivity contribution in [1.82, 2.24) is 0 Å². The summed E-state index contributed by atoms with van der Waals surface area (Å²) in [6.07, 6.45) is 0. The Bertz CT molecular complexity index is 762. The van der Waals surface area contributed by atoms with Crippen LogP contribution in [0.1, 0.15) is 11.1 Å². The van der Waals surface area contributed by atoms with Crippen LogP contribution in [0.15, 0.2) is 40.9 Å². The van der Waals surface area contributed by atoms with Crippen LogP contribution in [0.2, 0.25) is 0 Å². The van der Waals surface area contributed by atoms with Gasteiger partial charge >= 0.3 is 5.69 Å². The maximum absolute atomic E-state index is 11.9. The first-order valence-corrected chi connectivity index (χ1v) is 7.60. The summed E-state index contributed by atoms with van der Waals surface area (Å²) in [7, 11) is 0. The Hall–Kier alpha value is -2.41. The smallest absolute Gasteiger partial charge is 0.311 e. The molecule has 0 spiro atoms. The molecule has 0 saturated heterocycles. The lowest BCUT2D eigenvalue weighted by Crippen LogP contribution is -2.20. The van der Waals surface area contributed by atoms with E-state index in [1.54, 1.807) is 25.1 Å². The molecule has 0 radical (unpaired) electrons. The fourth-order valence-corrected chi connectivity index (χ4v) is 2.28. The Morgan fingerprint density at radius 3 is 2.65 bits per heavy atom. The van der Waals surface area contributed by atoms with E-state index in [1.807, 2.05) is 13.0 Å². The Kier molecular flexibility index (Phi) is 5.33. The number of nitrogens with one attached hydrogen (secondary N) is 1. The number of rotatable bonds is 5. The highest BCUT2D eigenvalue weighted by molar-refractivity contribution is 9.10. The van der Waals surface area contributed by atoms with Crippen LogP contribution in [0.5, 0.6) is 5.75 Å². The number of nitro groups is 1. The predicted octanol–water partition coefficient (Wildman–Crippen LogP) is 3.99. The van der Waals surface area contributed by atoms with Gasteiger partial charge in [-0.05, 0) is 43.2 Å². The fraction of sp³-hybridized carbons (Fsp3) is 0.188. The minimum Gasteiger partial charge on any atom is -0.477 e. The van der Waals surface area contributed by atoms with Gasteiger partial charge in [-0.25, -0.2) is 0 Å². The summed E-state index contributed by atoms with van der Waals surface area (Å²) in [6.45, 7) is 3.38. The summed E-state index contributed by atoms with van der Waals surface area (Å²) in [5.74, 6) is -0.323. The summed E-state index contributed by atoms with van der Waals surface area (Å²) in [4.78, 5) is 22.4. The third kappa shape index (κ3) is 4.53. The first-order chi connectivity index (χ1) is 10.9. The lowest BCUT2D eigenvalue weighted by molar-refractivity contribution is -0.385. The number of ether oxygens (including phenoxy) is 1. The van der Waals surface area contributed by atoms with E-state index in [2.05, 4.69) is 21.2 Å². The first kappa shape index (κ1) is 17.0. The summed E-state index contributed by atoms with van der Waals surface area (Å²) >= 11 is 3.39. The molecular formula is C16H15BrN2O4. The molecule has 0 aliphatic rings. The van der Waals surface area contributed by atoms with Crippen LogP contribution < -0.4 is 10.1 Å². The topological polar surface area (TPSA) is 81.5 Å². The molecule has 0 bridgehead atoms. The lowest BCUT2D eigenvalue weighted by atomic mass is 10.2. The average molecular weight is 379 g/mol. The standard InChI is InChI=1S/C16H15BrN2O4/c1-10-3-6-15(14(7-10)19(21)22)23-9-16(20)18-12-5-4-11(2)13(17)8-12/h3-8H,9H2,1-2H3,(H,18,20). The number of benzene rings is 2. The van der Waals surface area contributed by atoms with Gasteiger partial charge in [0.25, 0.3) is 5.91 Å². The van der Waals surface area contributed by atoms with Crippen molar-refractivity contribution < 1.29 is 14.5 Å². The molecule has 1 N–H and O–H groups in total. The van der Waals surface area contributed by atoms with Gasteiger partial charge in [-0.1, -0.05) is 28.1 Å². The molecule has 0 fully saturated rings. The van der Waals surface area contributed by atoms with Gasteiger partial charge in [0.05, 0.1) is 4.92 Å². The quantitative estimate of drug-likeness (QED) is 0.629. The lowest BCUT2D eigenvalue weighted by Gasteiger charge is -2.09. The Balaban J connectivity index is 2.02. The van der Waals surface area contributed by atoms with Crippen LogP contribution in [0.4, 0.5) is 11.4 Å². The van der Waals surface area contributed by atoms with Gasteiger partial charge in [-0.3, -0.25) is 14.9 Å². The largest absolute Gasteiger partial charge is 0.477 e. The molecule has 0 aromatic heterocycles. The van der Waals surface area contributed by atoms with Gasteiger partial charge < -0.3 is 10.1 Å². The van der Waals surface area contributed by atoms with E-state index in [0.29, 0.717) is 5.69 Å². The zero-order chi connectivity index (χ0) is 17.0. The van der Waals surface area contributed by atoms with E-state index < -0.39 is 10.8 Å². The van der Waals surface area contributed by atoms with Crippen molar-refractivity contribution in [2.24, 2.45) is 0 Å². The van der Waals surface area contributed by atoms with Gasteiger partial charge in [0.2, 0.25) is 0 Å². The number of carbonyl (C=O) groups excluding carboxylic acids is 1. The first-order valence-electron chi connectivity index (χ1n) is 6.80. The molecule has 2 aromatic carbocycles. The molecule has 0 unspecified atom stereocenters. The molecule has 6 nitrogen and oxygen atoms in total. The van der Waals surface area contributed by atoms with Gasteiger partial charge in [0, 0.05) is 16.2 Å². The van der Waals surface area contributed by atoms with E-state index in [9.17, 15) is 14.9 Å². The number of halogens is 1. The minimum atomic E-state index is -0.530. The number of nitro benzene ring substituents is 1. The van der Waals surface area contributed by atoms with Crippen molar-refractivity contribution in [2.45, 2.75) is 13.8 Å². The van der Waals surface area contributed by atoms with E-state index in [-0.39, 0.29) is 18.0 Å². The zero-order valence-electron chi connectivity index (χ0n) is 12.6. The van der Waals surface area contributed by atoms with Crippen LogP contribution in [-0.2, 0) is 4.79 Å². The second kappa shape index (κ2) is 7.23. The van der Waals surface area contributed by atoms with Gasteiger partial charge in [-0.2, -0.15) is 0 Å². The number of aryl methyl sites for hydroxylation is 2. The van der Waals surface area contributed by atoms with Crippen molar-refractivity contribution in [2.75, 3.05) is 11.9 Å². The third-order valence-corrected chi connectivity index (χ3v) is 3.98. The van der Waals surface area contributed by atoms with Crippen molar-refractivity contribution in [3.05, 3.63) is 62.1 Å². The second-order valence-electron chi connectivity index (χ2n) is 5.03. The van der Waals surface area contributed by atoms with Gasteiger partial charge in [-0.15, -0.1) is 0 Å². The number of anilines is 1. The predicted molar refractivity (Wildman–Crippen MR) is 90.8 cm³/mol. The molecule has 7 heteroatoms. The molecule has 0 atom stereocenters. The Morgan fingerprint density at radius 2 is 2.00 bits per heavy atom. The number of amides is 1. The molecule has 0 aliphatic heterocycles. The van der Waals surface area contributed by atoms with Crippen LogP contribution in [0, 0.1) is 24.0 Å². The van der Waals surface area contributed by atoms with Crippen LogP contribution >= 0.6 is 15.9 Å². The molecule has 1 amide bonds. The monoisotopic (exact) mass is 378 g/mol. The molecule has 0 heterocycles. The highest BCUT2D eigenvalue weighted by Crippen LogP contribution is 2.27. The van der Waals surface area contributed by atoms with Crippen LogP contribution in [0.25, 0.3) is 0 Å². The Morgan fingerprint density at radius 1 is 1.26 bits per heavy atom. The number of hydrogen-bond donors (Lipinski definition) is 1. The van der Waals surface area contributed by atoms with E-state index >= 15 is 0 Å². The number of carbonyl (C=O) groups is 1. The van der Waals surface area contributed by atoms with Crippen molar-refractivity contribution >= 4 is 33.2 Å². The molecule has 2 aromatic rings. The molecule has 2 rings (SSSR count).